The van der Waals surface area contributed by atoms with Gasteiger partial charge >= 0.3 is 6.03 Å². The van der Waals surface area contributed by atoms with Crippen LogP contribution in [0.15, 0.2) is 48.7 Å². The second kappa shape index (κ2) is 10.1. The number of hydrogen-bond donors (Lipinski definition) is 3. The SMILES string of the molecule is CC1CN(c2ccc(CNC(=O)C(C)NC(=O)Nc3ccccc3)cn2)CC(C)O1. The van der Waals surface area contributed by atoms with Crippen molar-refractivity contribution in [3.8, 4) is 0 Å². The van der Waals surface area contributed by atoms with Gasteiger partial charge in [0, 0.05) is 31.5 Å². The first-order valence-corrected chi connectivity index (χ1v) is 10.2. The number of anilines is 2. The molecule has 3 atom stereocenters. The lowest BCUT2D eigenvalue weighted by Crippen LogP contribution is -2.46. The summed E-state index contributed by atoms with van der Waals surface area (Å²) < 4.78 is 5.76. The van der Waals surface area contributed by atoms with E-state index in [1.165, 1.54) is 0 Å². The first-order valence-electron chi connectivity index (χ1n) is 10.2. The third-order valence-electron chi connectivity index (χ3n) is 4.79. The molecule has 0 bridgehead atoms. The van der Waals surface area contributed by atoms with E-state index in [0.29, 0.717) is 12.2 Å². The predicted molar refractivity (Wildman–Crippen MR) is 116 cm³/mol. The van der Waals surface area contributed by atoms with Crippen LogP contribution in [0, 0.1) is 0 Å². The van der Waals surface area contributed by atoms with E-state index in [1.54, 1.807) is 25.3 Å². The average Bonchev–Trinajstić information content (AvgIpc) is 2.72. The van der Waals surface area contributed by atoms with Crippen LogP contribution < -0.4 is 20.9 Å². The van der Waals surface area contributed by atoms with Crippen molar-refractivity contribution in [2.45, 2.75) is 45.6 Å². The summed E-state index contributed by atoms with van der Waals surface area (Å²) in [5.74, 6) is 0.637. The summed E-state index contributed by atoms with van der Waals surface area (Å²) in [5.41, 5.74) is 1.56. The quantitative estimate of drug-likeness (QED) is 0.679. The van der Waals surface area contributed by atoms with E-state index in [9.17, 15) is 9.59 Å². The van der Waals surface area contributed by atoms with Gasteiger partial charge in [0.25, 0.3) is 0 Å². The van der Waals surface area contributed by atoms with Crippen LogP contribution in [0.2, 0.25) is 0 Å². The van der Waals surface area contributed by atoms with Crippen molar-refractivity contribution in [1.82, 2.24) is 15.6 Å². The Balaban J connectivity index is 1.45. The third-order valence-corrected chi connectivity index (χ3v) is 4.79. The average molecular weight is 412 g/mol. The Labute approximate surface area is 177 Å². The Morgan fingerprint density at radius 3 is 2.47 bits per heavy atom. The normalized spacial score (nSPS) is 19.6. The molecule has 3 rings (SSSR count). The molecule has 1 saturated heterocycles. The van der Waals surface area contributed by atoms with E-state index in [4.69, 9.17) is 4.74 Å². The number of carbonyl (C=O) groups is 2. The maximum atomic E-state index is 12.3. The highest BCUT2D eigenvalue weighted by atomic mass is 16.5. The molecule has 1 aliphatic rings. The van der Waals surface area contributed by atoms with Gasteiger partial charge < -0.3 is 25.6 Å². The minimum absolute atomic E-state index is 0.169. The third kappa shape index (κ3) is 6.18. The monoisotopic (exact) mass is 411 g/mol. The Morgan fingerprint density at radius 2 is 1.83 bits per heavy atom. The molecule has 1 fully saturated rings. The van der Waals surface area contributed by atoms with Crippen molar-refractivity contribution in [3.05, 3.63) is 54.2 Å². The molecular weight excluding hydrogens is 382 g/mol. The molecule has 1 aromatic carbocycles. The number of hydrogen-bond acceptors (Lipinski definition) is 5. The zero-order valence-corrected chi connectivity index (χ0v) is 17.6. The van der Waals surface area contributed by atoms with Crippen LogP contribution in [0.5, 0.6) is 0 Å². The number of pyridine rings is 1. The number of rotatable bonds is 6. The first kappa shape index (κ1) is 21.6. The number of carbonyl (C=O) groups excluding carboxylic acids is 2. The van der Waals surface area contributed by atoms with E-state index >= 15 is 0 Å². The zero-order chi connectivity index (χ0) is 21.5. The molecule has 8 nitrogen and oxygen atoms in total. The minimum Gasteiger partial charge on any atom is -0.372 e. The number of nitrogens with one attached hydrogen (secondary N) is 3. The molecule has 2 heterocycles. The molecule has 3 N–H and O–H groups in total. The Bertz CT molecular complexity index is 834. The van der Waals surface area contributed by atoms with Gasteiger partial charge in [-0.05, 0) is 44.5 Å². The second-order valence-electron chi connectivity index (χ2n) is 7.59. The van der Waals surface area contributed by atoms with Crippen LogP contribution in [-0.4, -0.2) is 48.3 Å². The highest BCUT2D eigenvalue weighted by molar-refractivity contribution is 5.93. The van der Waals surface area contributed by atoms with Crippen molar-refractivity contribution in [2.75, 3.05) is 23.3 Å². The van der Waals surface area contributed by atoms with Gasteiger partial charge in [-0.15, -0.1) is 0 Å². The maximum absolute atomic E-state index is 12.3. The van der Waals surface area contributed by atoms with Gasteiger partial charge in [-0.25, -0.2) is 9.78 Å². The molecule has 8 heteroatoms. The van der Waals surface area contributed by atoms with Crippen molar-refractivity contribution >= 4 is 23.4 Å². The molecular formula is C22H29N5O3. The largest absolute Gasteiger partial charge is 0.372 e. The van der Waals surface area contributed by atoms with Crippen molar-refractivity contribution in [2.24, 2.45) is 0 Å². The van der Waals surface area contributed by atoms with E-state index < -0.39 is 12.1 Å². The predicted octanol–water partition coefficient (Wildman–Crippen LogP) is 2.52. The number of nitrogens with zero attached hydrogens (tertiary/aromatic N) is 2. The summed E-state index contributed by atoms with van der Waals surface area (Å²) in [6.07, 6.45) is 2.10. The van der Waals surface area contributed by atoms with E-state index in [0.717, 1.165) is 24.5 Å². The number of ether oxygens (including phenoxy) is 1. The topological polar surface area (TPSA) is 95.6 Å². The summed E-state index contributed by atoms with van der Waals surface area (Å²) in [6.45, 7) is 7.71. The minimum atomic E-state index is -0.669. The molecule has 30 heavy (non-hydrogen) atoms. The lowest BCUT2D eigenvalue weighted by molar-refractivity contribution is -0.122. The number of morpholine rings is 1. The van der Waals surface area contributed by atoms with Crippen LogP contribution in [0.1, 0.15) is 26.3 Å². The maximum Gasteiger partial charge on any atom is 0.319 e. The van der Waals surface area contributed by atoms with Crippen molar-refractivity contribution < 1.29 is 14.3 Å². The Morgan fingerprint density at radius 1 is 1.13 bits per heavy atom. The molecule has 0 spiro atoms. The van der Waals surface area contributed by atoms with Gasteiger partial charge in [-0.2, -0.15) is 0 Å². The van der Waals surface area contributed by atoms with Gasteiger partial charge in [0.1, 0.15) is 11.9 Å². The van der Waals surface area contributed by atoms with E-state index in [1.807, 2.05) is 30.3 Å². The lowest BCUT2D eigenvalue weighted by Gasteiger charge is -2.36. The van der Waals surface area contributed by atoms with E-state index in [-0.39, 0.29) is 18.1 Å². The number of para-hydroxylation sites is 1. The fourth-order valence-electron chi connectivity index (χ4n) is 3.37. The number of amides is 3. The summed E-state index contributed by atoms with van der Waals surface area (Å²) in [4.78, 5) is 31.0. The molecule has 0 saturated carbocycles. The first-order chi connectivity index (χ1) is 14.4. The fourth-order valence-corrected chi connectivity index (χ4v) is 3.37. The van der Waals surface area contributed by atoms with Crippen LogP contribution in [0.4, 0.5) is 16.3 Å². The fraction of sp³-hybridized carbons (Fsp3) is 0.409. The van der Waals surface area contributed by atoms with Crippen molar-refractivity contribution in [3.63, 3.8) is 0 Å². The lowest BCUT2D eigenvalue weighted by atomic mass is 10.2. The molecule has 1 aromatic heterocycles. The van der Waals surface area contributed by atoms with Gasteiger partial charge in [0.15, 0.2) is 0 Å². The molecule has 3 amide bonds. The van der Waals surface area contributed by atoms with Crippen LogP contribution in [0.25, 0.3) is 0 Å². The van der Waals surface area contributed by atoms with Gasteiger partial charge in [-0.3, -0.25) is 4.79 Å². The van der Waals surface area contributed by atoms with Gasteiger partial charge in [0.2, 0.25) is 5.91 Å². The molecule has 3 unspecified atom stereocenters. The summed E-state index contributed by atoms with van der Waals surface area (Å²) in [7, 11) is 0. The van der Waals surface area contributed by atoms with Crippen molar-refractivity contribution in [1.29, 1.82) is 0 Å². The molecule has 2 aromatic rings. The Kier molecular flexibility index (Phi) is 7.24. The standard InChI is InChI=1S/C22H29N5O3/c1-15-13-27(14-16(2)30-15)20-10-9-18(11-23-20)12-24-21(28)17(3)25-22(29)26-19-7-5-4-6-8-19/h4-11,15-17H,12-14H2,1-3H3,(H,24,28)(H2,25,26,29). The van der Waals surface area contributed by atoms with Crippen LogP contribution in [0.3, 0.4) is 0 Å². The second-order valence-corrected chi connectivity index (χ2v) is 7.59. The Hall–Kier alpha value is -3.13. The molecule has 1 aliphatic heterocycles. The smallest absolute Gasteiger partial charge is 0.319 e. The summed E-state index contributed by atoms with van der Waals surface area (Å²) in [5, 5.41) is 8.15. The molecule has 0 aliphatic carbocycles. The summed E-state index contributed by atoms with van der Waals surface area (Å²) >= 11 is 0. The van der Waals surface area contributed by atoms with Gasteiger partial charge in [-0.1, -0.05) is 24.3 Å². The number of benzene rings is 1. The molecule has 160 valence electrons. The highest BCUT2D eigenvalue weighted by Crippen LogP contribution is 2.18. The van der Waals surface area contributed by atoms with Crippen LogP contribution >= 0.6 is 0 Å². The molecule has 0 radical (unpaired) electrons. The van der Waals surface area contributed by atoms with Crippen LogP contribution in [-0.2, 0) is 16.1 Å². The number of aromatic nitrogens is 1. The van der Waals surface area contributed by atoms with E-state index in [2.05, 4.69) is 39.7 Å². The highest BCUT2D eigenvalue weighted by Gasteiger charge is 2.23. The zero-order valence-electron chi connectivity index (χ0n) is 17.6. The van der Waals surface area contributed by atoms with Gasteiger partial charge in [0.05, 0.1) is 12.2 Å². The summed E-state index contributed by atoms with van der Waals surface area (Å²) in [6, 6.07) is 11.9. The number of urea groups is 1.